The first-order valence-corrected chi connectivity index (χ1v) is 26.8. The zero-order chi connectivity index (χ0) is 63.5. The van der Waals surface area contributed by atoms with Crippen LogP contribution in [0.4, 0.5) is 27.7 Å². The van der Waals surface area contributed by atoms with E-state index in [1.165, 1.54) is 77.6 Å². The minimum absolute atomic E-state index is 0.00414. The number of ether oxygens (including phenoxy) is 4. The average molecular weight is 1220 g/mol. The highest BCUT2D eigenvalue weighted by Gasteiger charge is 2.18. The van der Waals surface area contributed by atoms with Crippen molar-refractivity contribution in [2.24, 2.45) is 27.7 Å². The SMILES string of the molecule is CO/N=C/c1c(N)ncnc1Oc1ccc2[nH]cc(C)c2c1.CO/N=C/c1c(N)ncnc1Oc1ccc2[nH]ccc2c1.CO/N=C/c1c(N)ncnc1Oc1ccc2c(ccn2C)c1.Cc1cc2c(F)c(Oc3ncnc(N)c3/C=N/OCCO)ccc2[nH]1. The zero-order valence-electron chi connectivity index (χ0n) is 49.1. The van der Waals surface area contributed by atoms with Gasteiger partial charge in [-0.15, -0.1) is 0 Å². The molecule has 0 radical (unpaired) electrons. The Kier molecular flexibility index (Phi) is 20.4. The zero-order valence-corrected chi connectivity index (χ0v) is 49.1. The van der Waals surface area contributed by atoms with Crippen molar-refractivity contribution < 1.29 is 47.8 Å². The Hall–Kier alpha value is -12.5. The number of nitrogens with two attached hydrogens (primary N) is 4. The van der Waals surface area contributed by atoms with E-state index in [1.54, 1.807) is 12.1 Å². The second-order valence-corrected chi connectivity index (χ2v) is 18.7. The van der Waals surface area contributed by atoms with Crippen LogP contribution in [0.15, 0.2) is 149 Å². The maximum Gasteiger partial charge on any atom is 0.233 e. The van der Waals surface area contributed by atoms with Gasteiger partial charge in [0.2, 0.25) is 23.5 Å². The third kappa shape index (κ3) is 15.3. The lowest BCUT2D eigenvalue weighted by atomic mass is 10.2. The molecule has 12 N–H and O–H groups in total. The van der Waals surface area contributed by atoms with Crippen molar-refractivity contribution >= 4 is 91.7 Å². The molecule has 0 atom stereocenters. The number of rotatable bonds is 18. The van der Waals surface area contributed by atoms with Gasteiger partial charge in [-0.3, -0.25) is 0 Å². The van der Waals surface area contributed by atoms with Crippen molar-refractivity contribution in [3.63, 3.8) is 0 Å². The van der Waals surface area contributed by atoms with Crippen LogP contribution in [0.2, 0.25) is 0 Å². The topological polar surface area (TPSA) is 403 Å². The maximum absolute atomic E-state index is 14.6. The molecule has 0 fully saturated rings. The van der Waals surface area contributed by atoms with E-state index in [0.29, 0.717) is 62.5 Å². The number of hydrogen-bond acceptors (Lipinski definition) is 25. The molecule has 0 unspecified atom stereocenters. The van der Waals surface area contributed by atoms with E-state index in [2.05, 4.69) is 90.0 Å². The molecule has 0 aliphatic rings. The van der Waals surface area contributed by atoms with Crippen molar-refractivity contribution in [2.45, 2.75) is 13.8 Å². The number of aliphatic hydroxyl groups excluding tert-OH is 1. The van der Waals surface area contributed by atoms with Gasteiger partial charge < -0.3 is 85.9 Å². The van der Waals surface area contributed by atoms with Gasteiger partial charge in [-0.25, -0.2) is 44.3 Å². The third-order valence-electron chi connectivity index (χ3n) is 12.7. The predicted octanol–water partition coefficient (Wildman–Crippen LogP) is 9.38. The number of aromatic nitrogens is 12. The first kappa shape index (κ1) is 62.1. The van der Waals surface area contributed by atoms with Gasteiger partial charge in [0.1, 0.15) is 116 Å². The summed E-state index contributed by atoms with van der Waals surface area (Å²) in [5, 5.41) is 27.0. The molecule has 8 aromatic heterocycles. The van der Waals surface area contributed by atoms with Crippen molar-refractivity contribution in [1.29, 1.82) is 0 Å². The van der Waals surface area contributed by atoms with E-state index >= 15 is 0 Å². The monoisotopic (exact) mass is 1220 g/mol. The van der Waals surface area contributed by atoms with E-state index in [9.17, 15) is 4.39 Å². The summed E-state index contributed by atoms with van der Waals surface area (Å²) in [6, 6.07) is 26.1. The van der Waals surface area contributed by atoms with Crippen LogP contribution < -0.4 is 41.9 Å². The molecule has 12 aromatic rings. The number of anilines is 4. The number of benzene rings is 4. The molecule has 0 saturated carbocycles. The number of hydrogen-bond donors (Lipinski definition) is 8. The smallest absolute Gasteiger partial charge is 0.233 e. The number of aliphatic hydroxyl groups is 1. The van der Waals surface area contributed by atoms with Gasteiger partial charge in [0.15, 0.2) is 11.6 Å². The highest BCUT2D eigenvalue weighted by atomic mass is 19.1. The van der Waals surface area contributed by atoms with Crippen LogP contribution >= 0.6 is 0 Å². The van der Waals surface area contributed by atoms with Crippen molar-refractivity contribution in [1.82, 2.24) is 59.4 Å². The fourth-order valence-electron chi connectivity index (χ4n) is 8.41. The largest absolute Gasteiger partial charge is 0.438 e. The molecule has 30 heteroatoms. The molecule has 0 bridgehead atoms. The highest BCUT2D eigenvalue weighted by Crippen LogP contribution is 2.34. The molecule has 0 saturated heterocycles. The molecule has 8 heterocycles. The molecule has 12 rings (SSSR count). The lowest BCUT2D eigenvalue weighted by Gasteiger charge is -2.09. The van der Waals surface area contributed by atoms with Gasteiger partial charge in [0, 0.05) is 74.9 Å². The lowest BCUT2D eigenvalue weighted by Crippen LogP contribution is -2.03. The van der Waals surface area contributed by atoms with Gasteiger partial charge in [-0.2, -0.15) is 0 Å². The third-order valence-corrected chi connectivity index (χ3v) is 12.7. The Balaban J connectivity index is 0.000000143. The minimum atomic E-state index is -0.515. The lowest BCUT2D eigenvalue weighted by molar-refractivity contribution is 0.0997. The first-order chi connectivity index (χ1) is 43.7. The molecule has 0 amide bonds. The summed E-state index contributed by atoms with van der Waals surface area (Å²) in [7, 11) is 6.32. The van der Waals surface area contributed by atoms with E-state index in [0.717, 1.165) is 44.0 Å². The Morgan fingerprint density at radius 2 is 1.02 bits per heavy atom. The number of halogens is 1. The van der Waals surface area contributed by atoms with Crippen LogP contribution in [0.5, 0.6) is 46.5 Å². The van der Waals surface area contributed by atoms with Crippen LogP contribution in [0, 0.1) is 19.7 Å². The number of aromatic amines is 3. The van der Waals surface area contributed by atoms with Gasteiger partial charge in [-0.05, 0) is 104 Å². The molecular formula is C60H59FN20O9. The second kappa shape index (κ2) is 29.6. The Morgan fingerprint density at radius 1 is 0.533 bits per heavy atom. The van der Waals surface area contributed by atoms with E-state index < -0.39 is 5.82 Å². The molecule has 4 aromatic carbocycles. The van der Waals surface area contributed by atoms with Gasteiger partial charge in [0.25, 0.3) is 0 Å². The number of H-pyrrole nitrogens is 3. The van der Waals surface area contributed by atoms with Crippen LogP contribution in [0.1, 0.15) is 33.5 Å². The van der Waals surface area contributed by atoms with Crippen LogP contribution in [0.25, 0.3) is 43.6 Å². The number of nitrogen functional groups attached to an aromatic ring is 4. The summed E-state index contributed by atoms with van der Waals surface area (Å²) < 4.78 is 39.7. The normalized spacial score (nSPS) is 11.2. The summed E-state index contributed by atoms with van der Waals surface area (Å²) >= 11 is 0. The van der Waals surface area contributed by atoms with Crippen molar-refractivity contribution in [3.05, 3.63) is 168 Å². The standard InChI is InChI=1S/C16H16FN5O3.2C15H15N5O2.C14H13N5O2/c1-9-6-10-12(22-9)2-3-13(14(10)17)25-16-11(7-21-24-5-4-23)15(18)19-8-20-16;1-9-6-17-13-4-3-10(5-11(9)13)22-15-12(7-20-21-2)14(16)18-8-19-15;1-20-6-5-10-7-11(3-4-13(10)20)22-15-12(8-19-21-2)14(16)17-9-18-15;1-20-19-7-11-13(15)17-8-18-14(11)21-10-2-3-12-9(6-10)4-5-16-12/h2-3,6-8,22-23H,4-5H2,1H3,(H2,18,19,20);3-8,17H,1-2H3,(H2,16,18,19);3-9H,1-2H3,(H2,16,17,18);2-8,16H,1H3,(H2,15,17,18)/b21-7+;20-7+;19-8+;19-7+. The predicted molar refractivity (Wildman–Crippen MR) is 338 cm³/mol. The fraction of sp³-hybridized carbons (Fsp3) is 0.133. The van der Waals surface area contributed by atoms with Crippen LogP contribution in [-0.4, -0.2) is 124 Å². The molecule has 460 valence electrons. The first-order valence-electron chi connectivity index (χ1n) is 26.8. The summed E-state index contributed by atoms with van der Waals surface area (Å²) in [6.45, 7) is 3.72. The minimum Gasteiger partial charge on any atom is -0.438 e. The fourth-order valence-corrected chi connectivity index (χ4v) is 8.41. The number of nitrogens with one attached hydrogen (secondary N) is 3. The number of oxime groups is 4. The van der Waals surface area contributed by atoms with E-state index in [-0.39, 0.29) is 53.7 Å². The van der Waals surface area contributed by atoms with Crippen molar-refractivity contribution in [3.8, 4) is 46.5 Å². The summed E-state index contributed by atoms with van der Waals surface area (Å²) in [5.41, 5.74) is 30.8. The van der Waals surface area contributed by atoms with Crippen LogP contribution in [-0.2, 0) is 26.4 Å². The second-order valence-electron chi connectivity index (χ2n) is 18.7. The van der Waals surface area contributed by atoms with E-state index in [4.69, 9.17) is 51.8 Å². The molecule has 0 spiro atoms. The summed E-state index contributed by atoms with van der Waals surface area (Å²) in [6.07, 6.45) is 16.5. The van der Waals surface area contributed by atoms with E-state index in [1.807, 2.05) is 111 Å². The molecular weight excluding hydrogens is 1160 g/mol. The van der Waals surface area contributed by atoms with Gasteiger partial charge in [-0.1, -0.05) is 20.6 Å². The summed E-state index contributed by atoms with van der Waals surface area (Å²) in [5.74, 6) is 3.34. The summed E-state index contributed by atoms with van der Waals surface area (Å²) in [4.78, 5) is 60.0. The Labute approximate surface area is 510 Å². The molecule has 0 aliphatic heterocycles. The molecule has 90 heavy (non-hydrogen) atoms. The van der Waals surface area contributed by atoms with Gasteiger partial charge in [0.05, 0.1) is 31.5 Å². The maximum atomic E-state index is 14.6. The van der Waals surface area contributed by atoms with Crippen molar-refractivity contribution in [2.75, 3.05) is 57.5 Å². The molecule has 29 nitrogen and oxygen atoms in total. The Bertz CT molecular complexity index is 4550. The quantitative estimate of drug-likeness (QED) is 0.0225. The van der Waals surface area contributed by atoms with Crippen LogP contribution in [0.3, 0.4) is 0 Å². The number of aryl methyl sites for hydroxylation is 3. The average Bonchev–Trinajstić information content (AvgIpc) is 1.69. The number of nitrogens with zero attached hydrogens (tertiary/aromatic N) is 13. The highest BCUT2D eigenvalue weighted by molar-refractivity contribution is 5.91. The molecule has 0 aliphatic carbocycles. The Morgan fingerprint density at radius 3 is 1.57 bits per heavy atom. The number of fused-ring (bicyclic) bond motifs is 4. The van der Waals surface area contributed by atoms with Gasteiger partial charge >= 0.3 is 0 Å².